The topological polar surface area (TPSA) is 29.1 Å². The highest BCUT2D eigenvalue weighted by Gasteiger charge is 2.12. The lowest BCUT2D eigenvalue weighted by molar-refractivity contribution is -0.116. The zero-order valence-electron chi connectivity index (χ0n) is 11.1. The molecule has 0 spiro atoms. The number of hydrogen-bond acceptors (Lipinski definition) is 1. The Kier molecular flexibility index (Phi) is 3.08. The Morgan fingerprint density at radius 3 is 2.68 bits per heavy atom. The molecular weight excluding hydrogens is 234 g/mol. The minimum Gasteiger partial charge on any atom is -0.326 e. The lowest BCUT2D eigenvalue weighted by atomic mass is 10.0. The van der Waals surface area contributed by atoms with Gasteiger partial charge in [0.05, 0.1) is 0 Å². The molecule has 1 amide bonds. The summed E-state index contributed by atoms with van der Waals surface area (Å²) in [6.07, 6.45) is 6.83. The summed E-state index contributed by atoms with van der Waals surface area (Å²) in [5.74, 6) is 0.105. The first kappa shape index (κ1) is 12.0. The molecule has 0 radical (unpaired) electrons. The summed E-state index contributed by atoms with van der Waals surface area (Å²) in [6, 6.07) is 10.3. The Morgan fingerprint density at radius 1 is 1.11 bits per heavy atom. The molecular formula is C17H17NO. The highest BCUT2D eigenvalue weighted by molar-refractivity contribution is 6.11. The molecule has 19 heavy (non-hydrogen) atoms. The van der Waals surface area contributed by atoms with Crippen molar-refractivity contribution in [3.63, 3.8) is 0 Å². The van der Waals surface area contributed by atoms with Crippen LogP contribution in [-0.4, -0.2) is 5.91 Å². The number of carbonyl (C=O) groups is 1. The average Bonchev–Trinajstić information content (AvgIpc) is 2.85. The Labute approximate surface area is 113 Å². The summed E-state index contributed by atoms with van der Waals surface area (Å²) in [6.45, 7) is 2.10. The molecule has 1 aliphatic rings. The molecule has 2 aromatic rings. The van der Waals surface area contributed by atoms with Crippen molar-refractivity contribution in [1.82, 2.24) is 0 Å². The van der Waals surface area contributed by atoms with Gasteiger partial charge in [0, 0.05) is 17.5 Å². The second-order valence-electron chi connectivity index (χ2n) is 4.96. The van der Waals surface area contributed by atoms with E-state index in [1.807, 2.05) is 12.1 Å². The smallest absolute Gasteiger partial charge is 0.224 e. The summed E-state index contributed by atoms with van der Waals surface area (Å²) in [7, 11) is 0. The summed E-state index contributed by atoms with van der Waals surface area (Å²) >= 11 is 0. The van der Waals surface area contributed by atoms with Gasteiger partial charge in [0.25, 0.3) is 0 Å². The van der Waals surface area contributed by atoms with Gasteiger partial charge in [-0.3, -0.25) is 4.79 Å². The SMILES string of the molecule is CCCCC(=O)Nc1ccc2c3c(cccc13)C=C2. The van der Waals surface area contributed by atoms with Crippen LogP contribution in [0.4, 0.5) is 5.69 Å². The molecule has 96 valence electrons. The maximum atomic E-state index is 11.9. The Morgan fingerprint density at radius 2 is 1.89 bits per heavy atom. The monoisotopic (exact) mass is 251 g/mol. The highest BCUT2D eigenvalue weighted by atomic mass is 16.1. The van der Waals surface area contributed by atoms with E-state index in [0.29, 0.717) is 6.42 Å². The molecule has 1 N–H and O–H groups in total. The van der Waals surface area contributed by atoms with E-state index >= 15 is 0 Å². The van der Waals surface area contributed by atoms with E-state index in [0.717, 1.165) is 23.9 Å². The molecule has 0 atom stereocenters. The van der Waals surface area contributed by atoms with Crippen molar-refractivity contribution in [2.75, 3.05) is 5.32 Å². The molecule has 2 nitrogen and oxygen atoms in total. The van der Waals surface area contributed by atoms with Crippen LogP contribution in [0.3, 0.4) is 0 Å². The van der Waals surface area contributed by atoms with Gasteiger partial charge < -0.3 is 5.32 Å². The van der Waals surface area contributed by atoms with Crippen molar-refractivity contribution in [2.24, 2.45) is 0 Å². The summed E-state index contributed by atoms with van der Waals surface area (Å²) in [5.41, 5.74) is 3.39. The molecule has 1 aliphatic carbocycles. The van der Waals surface area contributed by atoms with Crippen LogP contribution in [0.2, 0.25) is 0 Å². The van der Waals surface area contributed by atoms with Crippen LogP contribution in [0.15, 0.2) is 30.3 Å². The third-order valence-electron chi connectivity index (χ3n) is 3.58. The number of benzene rings is 2. The standard InChI is InChI=1S/C17H17NO/c1-2-3-7-16(19)18-15-11-10-13-9-8-12-5-4-6-14(15)17(12)13/h4-6,8-11H,2-3,7H2,1H3,(H,18,19). The molecule has 0 fully saturated rings. The van der Waals surface area contributed by atoms with Crippen molar-refractivity contribution in [2.45, 2.75) is 26.2 Å². The number of amides is 1. The fourth-order valence-electron chi connectivity index (χ4n) is 2.58. The molecule has 0 saturated heterocycles. The van der Waals surface area contributed by atoms with E-state index in [1.54, 1.807) is 0 Å². The minimum absolute atomic E-state index is 0.105. The number of nitrogens with one attached hydrogen (secondary N) is 1. The van der Waals surface area contributed by atoms with Crippen LogP contribution < -0.4 is 5.32 Å². The number of anilines is 1. The van der Waals surface area contributed by atoms with Gasteiger partial charge >= 0.3 is 0 Å². The number of carbonyl (C=O) groups excluding carboxylic acids is 1. The number of rotatable bonds is 4. The summed E-state index contributed by atoms with van der Waals surface area (Å²) < 4.78 is 0. The van der Waals surface area contributed by atoms with E-state index in [4.69, 9.17) is 0 Å². The van der Waals surface area contributed by atoms with Gasteiger partial charge in [-0.15, -0.1) is 0 Å². The van der Waals surface area contributed by atoms with Crippen molar-refractivity contribution in [1.29, 1.82) is 0 Å². The Balaban J connectivity index is 1.96. The summed E-state index contributed by atoms with van der Waals surface area (Å²) in [5, 5.41) is 5.41. The maximum absolute atomic E-state index is 11.9. The number of hydrogen-bond donors (Lipinski definition) is 1. The van der Waals surface area contributed by atoms with E-state index in [-0.39, 0.29) is 5.91 Å². The predicted molar refractivity (Wildman–Crippen MR) is 81.0 cm³/mol. The first-order valence-electron chi connectivity index (χ1n) is 6.83. The fourth-order valence-corrected chi connectivity index (χ4v) is 2.58. The molecule has 0 unspecified atom stereocenters. The van der Waals surface area contributed by atoms with Gasteiger partial charge in [-0.1, -0.05) is 49.8 Å². The largest absolute Gasteiger partial charge is 0.326 e. The Bertz CT molecular complexity index is 658. The van der Waals surface area contributed by atoms with Gasteiger partial charge in [0.2, 0.25) is 5.91 Å². The zero-order chi connectivity index (χ0) is 13.2. The van der Waals surface area contributed by atoms with Crippen LogP contribution in [0.25, 0.3) is 22.9 Å². The molecule has 0 aliphatic heterocycles. The second-order valence-corrected chi connectivity index (χ2v) is 4.96. The molecule has 0 aromatic heterocycles. The van der Waals surface area contributed by atoms with E-state index in [1.165, 1.54) is 16.5 Å². The molecule has 0 bridgehead atoms. The van der Waals surface area contributed by atoms with Gasteiger partial charge in [-0.25, -0.2) is 0 Å². The van der Waals surface area contributed by atoms with Crippen molar-refractivity contribution < 1.29 is 4.79 Å². The lowest BCUT2D eigenvalue weighted by Crippen LogP contribution is -2.11. The maximum Gasteiger partial charge on any atom is 0.224 e. The van der Waals surface area contributed by atoms with Crippen molar-refractivity contribution >= 4 is 34.5 Å². The van der Waals surface area contributed by atoms with Crippen LogP contribution >= 0.6 is 0 Å². The fraction of sp³-hybridized carbons (Fsp3) is 0.235. The second kappa shape index (κ2) is 4.88. The Hall–Kier alpha value is -2.09. The van der Waals surface area contributed by atoms with Crippen molar-refractivity contribution in [3.8, 4) is 0 Å². The van der Waals surface area contributed by atoms with Crippen LogP contribution in [0.5, 0.6) is 0 Å². The normalized spacial score (nSPS) is 12.1. The molecule has 0 heterocycles. The van der Waals surface area contributed by atoms with Crippen molar-refractivity contribution in [3.05, 3.63) is 41.5 Å². The first-order valence-corrected chi connectivity index (χ1v) is 6.83. The molecule has 2 aromatic carbocycles. The van der Waals surface area contributed by atoms with Crippen LogP contribution in [-0.2, 0) is 4.79 Å². The molecule has 0 saturated carbocycles. The van der Waals surface area contributed by atoms with Gasteiger partial charge in [0.15, 0.2) is 0 Å². The van der Waals surface area contributed by atoms with E-state index < -0.39 is 0 Å². The van der Waals surface area contributed by atoms with Gasteiger partial charge in [-0.05, 0) is 29.0 Å². The van der Waals surface area contributed by atoms with Gasteiger partial charge in [-0.2, -0.15) is 0 Å². The quantitative estimate of drug-likeness (QED) is 0.729. The van der Waals surface area contributed by atoms with Crippen LogP contribution in [0.1, 0.15) is 37.3 Å². The van der Waals surface area contributed by atoms with Crippen LogP contribution in [0, 0.1) is 0 Å². The zero-order valence-corrected chi connectivity index (χ0v) is 11.1. The minimum atomic E-state index is 0.105. The first-order chi connectivity index (χ1) is 9.29. The van der Waals surface area contributed by atoms with E-state index in [9.17, 15) is 4.79 Å². The third kappa shape index (κ3) is 2.14. The lowest BCUT2D eigenvalue weighted by Gasteiger charge is -2.10. The molecule has 2 heteroatoms. The van der Waals surface area contributed by atoms with Gasteiger partial charge in [0.1, 0.15) is 0 Å². The average molecular weight is 251 g/mol. The predicted octanol–water partition coefficient (Wildman–Crippen LogP) is 4.45. The van der Waals surface area contributed by atoms with E-state index in [2.05, 4.69) is 42.6 Å². The highest BCUT2D eigenvalue weighted by Crippen LogP contribution is 2.35. The molecule has 3 rings (SSSR count). The third-order valence-corrected chi connectivity index (χ3v) is 3.58. The number of unbranched alkanes of at least 4 members (excludes halogenated alkanes) is 1. The summed E-state index contributed by atoms with van der Waals surface area (Å²) in [4.78, 5) is 11.9.